The summed E-state index contributed by atoms with van der Waals surface area (Å²) >= 11 is 1.12. The largest absolute Gasteiger partial charge is 0.497 e. The van der Waals surface area contributed by atoms with Gasteiger partial charge >= 0.3 is 0 Å². The van der Waals surface area contributed by atoms with Crippen LogP contribution in [0.25, 0.3) is 17.4 Å². The number of nitro benzene ring substituents is 1. The van der Waals surface area contributed by atoms with E-state index in [0.717, 1.165) is 11.8 Å². The molecule has 0 spiro atoms. The third kappa shape index (κ3) is 3.61. The Morgan fingerprint density at radius 2 is 2.09 bits per heavy atom. The van der Waals surface area contributed by atoms with E-state index in [4.69, 9.17) is 19.0 Å². The first-order valence-electron chi connectivity index (χ1n) is 9.41. The van der Waals surface area contributed by atoms with Crippen molar-refractivity contribution in [1.82, 2.24) is 5.01 Å². The molecule has 4 heterocycles. The van der Waals surface area contributed by atoms with Crippen molar-refractivity contribution in [3.05, 3.63) is 75.9 Å². The van der Waals surface area contributed by atoms with Crippen molar-refractivity contribution in [3.8, 4) is 17.1 Å². The highest BCUT2D eigenvalue weighted by Gasteiger charge is 2.37. The molecule has 2 aromatic heterocycles. The molecule has 1 amide bonds. The van der Waals surface area contributed by atoms with Crippen LogP contribution in [0.15, 0.2) is 73.2 Å². The molecule has 12 heteroatoms. The number of ether oxygens (including phenoxy) is 1. The molecule has 0 saturated carbocycles. The van der Waals surface area contributed by atoms with Gasteiger partial charge in [0.1, 0.15) is 17.3 Å². The fourth-order valence-corrected chi connectivity index (χ4v) is 4.07. The third-order valence-corrected chi connectivity index (χ3v) is 5.69. The Kier molecular flexibility index (Phi) is 4.90. The monoisotopic (exact) mass is 463 g/mol. The summed E-state index contributed by atoms with van der Waals surface area (Å²) in [6, 6.07) is 10.9. The minimum absolute atomic E-state index is 0.0334. The number of nitrogens with zero attached hydrogens (tertiary/aromatic N) is 4. The van der Waals surface area contributed by atoms with E-state index in [0.29, 0.717) is 16.6 Å². The Labute approximate surface area is 189 Å². The van der Waals surface area contributed by atoms with Crippen LogP contribution >= 0.6 is 11.8 Å². The summed E-state index contributed by atoms with van der Waals surface area (Å²) in [6.07, 6.45) is 2.86. The van der Waals surface area contributed by atoms with Crippen LogP contribution in [-0.2, 0) is 4.79 Å². The average Bonchev–Trinajstić information content (AvgIpc) is 3.56. The molecule has 0 fully saturated rings. The second-order valence-electron chi connectivity index (χ2n) is 6.74. The van der Waals surface area contributed by atoms with Gasteiger partial charge in [-0.3, -0.25) is 20.3 Å². The van der Waals surface area contributed by atoms with Gasteiger partial charge in [0, 0.05) is 0 Å². The van der Waals surface area contributed by atoms with Crippen LogP contribution in [0.1, 0.15) is 11.5 Å². The first-order valence-corrected chi connectivity index (χ1v) is 10.2. The topological polar surface area (TPSA) is 148 Å². The highest BCUT2D eigenvalue weighted by Crippen LogP contribution is 2.35. The van der Waals surface area contributed by atoms with Gasteiger partial charge in [0.2, 0.25) is 5.17 Å². The summed E-state index contributed by atoms with van der Waals surface area (Å²) in [7, 11) is 1.42. The number of benzene rings is 1. The number of fused-ring (bicyclic) bond motifs is 1. The molecular formula is C21H13N5O6S. The van der Waals surface area contributed by atoms with E-state index in [2.05, 4.69) is 10.1 Å². The normalized spacial score (nSPS) is 16.6. The number of hydrazone groups is 1. The summed E-state index contributed by atoms with van der Waals surface area (Å²) in [6.45, 7) is 0. The zero-order chi connectivity index (χ0) is 23.1. The van der Waals surface area contributed by atoms with Gasteiger partial charge < -0.3 is 13.6 Å². The Morgan fingerprint density at radius 3 is 2.82 bits per heavy atom. The maximum Gasteiger partial charge on any atom is 0.284 e. The number of furan rings is 2. The van der Waals surface area contributed by atoms with Crippen LogP contribution in [0.4, 0.5) is 5.69 Å². The quantitative estimate of drug-likeness (QED) is 0.337. The van der Waals surface area contributed by atoms with Gasteiger partial charge in [0.15, 0.2) is 16.6 Å². The molecule has 0 radical (unpaired) electrons. The van der Waals surface area contributed by atoms with E-state index in [9.17, 15) is 14.9 Å². The van der Waals surface area contributed by atoms with Crippen LogP contribution in [-0.4, -0.2) is 39.0 Å². The summed E-state index contributed by atoms with van der Waals surface area (Å²) in [5.74, 6) is 0.497. The zero-order valence-electron chi connectivity index (χ0n) is 16.8. The summed E-state index contributed by atoms with van der Waals surface area (Å²) in [5, 5.41) is 26.2. The Balaban J connectivity index is 1.47. The maximum atomic E-state index is 12.6. The third-order valence-electron chi connectivity index (χ3n) is 4.77. The number of carbonyl (C=O) groups excluding carboxylic acids is 1. The number of amidine groups is 2. The van der Waals surface area contributed by atoms with E-state index in [1.54, 1.807) is 30.3 Å². The van der Waals surface area contributed by atoms with Gasteiger partial charge in [0.05, 0.1) is 35.5 Å². The molecule has 3 aromatic rings. The SMILES string of the molecule is COc1ccc(-c2ccc(/C=C3\C(=N)N4N=C(c5ccco5)SC4=NC3=O)o2)c([N+](=O)[O-])c1. The van der Waals surface area contributed by atoms with Gasteiger partial charge in [-0.1, -0.05) is 0 Å². The smallest absolute Gasteiger partial charge is 0.284 e. The van der Waals surface area contributed by atoms with Crippen molar-refractivity contribution in [1.29, 1.82) is 5.41 Å². The number of methoxy groups -OCH3 is 1. The van der Waals surface area contributed by atoms with Crippen LogP contribution in [0.2, 0.25) is 0 Å². The Hall–Kier alpha value is -4.45. The van der Waals surface area contributed by atoms with Crippen molar-refractivity contribution >= 4 is 45.5 Å². The van der Waals surface area contributed by atoms with Crippen LogP contribution < -0.4 is 4.74 Å². The van der Waals surface area contributed by atoms with Crippen LogP contribution in [0.3, 0.4) is 0 Å². The predicted molar refractivity (Wildman–Crippen MR) is 120 cm³/mol. The number of thioether (sulfide) groups is 1. The first kappa shape index (κ1) is 20.5. The second-order valence-corrected chi connectivity index (χ2v) is 7.70. The fourth-order valence-electron chi connectivity index (χ4n) is 3.21. The van der Waals surface area contributed by atoms with E-state index in [1.165, 1.54) is 36.6 Å². The van der Waals surface area contributed by atoms with Gasteiger partial charge in [-0.25, -0.2) is 0 Å². The van der Waals surface area contributed by atoms with Gasteiger partial charge in [0.25, 0.3) is 11.6 Å². The Bertz CT molecular complexity index is 1400. The van der Waals surface area contributed by atoms with Crippen molar-refractivity contribution in [2.45, 2.75) is 0 Å². The van der Waals surface area contributed by atoms with Crippen molar-refractivity contribution in [2.75, 3.05) is 7.11 Å². The number of carbonyl (C=O) groups is 1. The van der Waals surface area contributed by atoms with Crippen molar-refractivity contribution in [2.24, 2.45) is 10.1 Å². The highest BCUT2D eigenvalue weighted by molar-refractivity contribution is 8.27. The molecule has 2 aliphatic heterocycles. The number of rotatable bonds is 5. The van der Waals surface area contributed by atoms with Gasteiger partial charge in [-0.15, -0.1) is 0 Å². The molecule has 0 unspecified atom stereocenters. The minimum Gasteiger partial charge on any atom is -0.497 e. The zero-order valence-corrected chi connectivity index (χ0v) is 17.7. The highest BCUT2D eigenvalue weighted by atomic mass is 32.2. The van der Waals surface area contributed by atoms with E-state index in [1.807, 2.05) is 0 Å². The number of nitro groups is 1. The Morgan fingerprint density at radius 1 is 1.24 bits per heavy atom. The number of amides is 1. The van der Waals surface area contributed by atoms with Gasteiger partial charge in [-0.05, 0) is 54.2 Å². The lowest BCUT2D eigenvalue weighted by molar-refractivity contribution is -0.384. The lowest BCUT2D eigenvalue weighted by Crippen LogP contribution is -2.35. The first-order chi connectivity index (χ1) is 15.9. The molecule has 1 N–H and O–H groups in total. The lowest BCUT2D eigenvalue weighted by atomic mass is 10.1. The molecule has 5 rings (SSSR count). The van der Waals surface area contributed by atoms with E-state index in [-0.39, 0.29) is 39.3 Å². The van der Waals surface area contributed by atoms with Crippen molar-refractivity contribution < 1.29 is 23.3 Å². The molecule has 0 atom stereocenters. The second kappa shape index (κ2) is 7.91. The number of hydrogen-bond acceptors (Lipinski definition) is 9. The van der Waals surface area contributed by atoms with Crippen LogP contribution in [0, 0.1) is 15.5 Å². The molecular weight excluding hydrogens is 450 g/mol. The molecule has 0 bridgehead atoms. The number of nitrogens with one attached hydrogen (secondary N) is 1. The van der Waals surface area contributed by atoms with E-state index >= 15 is 0 Å². The van der Waals surface area contributed by atoms with Gasteiger partial charge in [-0.2, -0.15) is 15.1 Å². The average molecular weight is 463 g/mol. The summed E-state index contributed by atoms with van der Waals surface area (Å²) in [5.41, 5.74) is 0.0286. The summed E-state index contributed by atoms with van der Waals surface area (Å²) in [4.78, 5) is 27.5. The van der Waals surface area contributed by atoms with Crippen LogP contribution in [0.5, 0.6) is 5.75 Å². The maximum absolute atomic E-state index is 12.6. The number of aliphatic imine (C=N–C) groups is 1. The summed E-state index contributed by atoms with van der Waals surface area (Å²) < 4.78 is 16.1. The molecule has 1 aromatic carbocycles. The fraction of sp³-hybridized carbons (Fsp3) is 0.0476. The molecule has 11 nitrogen and oxygen atoms in total. The molecule has 33 heavy (non-hydrogen) atoms. The molecule has 0 aliphatic carbocycles. The lowest BCUT2D eigenvalue weighted by Gasteiger charge is -2.19. The molecule has 0 saturated heterocycles. The number of hydrogen-bond donors (Lipinski definition) is 1. The molecule has 2 aliphatic rings. The molecule has 164 valence electrons. The minimum atomic E-state index is -0.622. The predicted octanol–water partition coefficient (Wildman–Crippen LogP) is 4.12. The van der Waals surface area contributed by atoms with Crippen molar-refractivity contribution in [3.63, 3.8) is 0 Å². The van der Waals surface area contributed by atoms with E-state index < -0.39 is 10.8 Å². The standard InChI is InChI=1S/C21H13N5O6S/c1-30-11-4-6-13(15(10-11)26(28)29)16-7-5-12(32-16)9-14-18(22)25-21(23-19(14)27)33-20(24-25)17-3-2-8-31-17/h2-10,22H,1H3/b14-9+,22-18?.